The third-order valence-electron chi connectivity index (χ3n) is 4.14. The number of hydrogen-bond donors (Lipinski definition) is 0. The van der Waals surface area contributed by atoms with Gasteiger partial charge in [0.25, 0.3) is 0 Å². The molecule has 0 aliphatic carbocycles. The fourth-order valence-electron chi connectivity index (χ4n) is 2.82. The average molecular weight is 429 g/mol. The van der Waals surface area contributed by atoms with E-state index in [2.05, 4.69) is 0 Å². The van der Waals surface area contributed by atoms with Crippen LogP contribution in [0.2, 0.25) is 10.0 Å². The minimum Gasteiger partial charge on any atom is -0.379 e. The maximum Gasteiger partial charge on any atom is 0.339 e. The topological polar surface area (TPSA) is 66.9 Å². The molecule has 144 valence electrons. The van der Waals surface area contributed by atoms with Gasteiger partial charge in [-0.25, -0.2) is 4.79 Å². The third kappa shape index (κ3) is 4.31. The van der Waals surface area contributed by atoms with E-state index in [0.29, 0.717) is 18.8 Å². The number of rotatable bonds is 5. The molecule has 2 aromatic carbocycles. The van der Waals surface area contributed by atoms with Crippen molar-refractivity contribution in [1.29, 1.82) is 0 Å². The molecule has 3 rings (SSSR count). The Morgan fingerprint density at radius 1 is 1.00 bits per heavy atom. The second-order valence-corrected chi connectivity index (χ2v) is 8.78. The van der Waals surface area contributed by atoms with E-state index in [0.717, 1.165) is 0 Å². The molecule has 0 radical (unpaired) electrons. The summed E-state index contributed by atoms with van der Waals surface area (Å²) in [4.78, 5) is 15.8. The highest BCUT2D eigenvalue weighted by molar-refractivity contribution is 7.87. The van der Waals surface area contributed by atoms with Crippen LogP contribution in [0.25, 0.3) is 0 Å². The summed E-state index contributed by atoms with van der Waals surface area (Å²) in [5.74, 6) is 0.0267. The van der Waals surface area contributed by atoms with Gasteiger partial charge in [-0.1, -0.05) is 23.2 Å². The average Bonchev–Trinajstić information content (AvgIpc) is 2.95. The highest BCUT2D eigenvalue weighted by atomic mass is 35.5. The predicted molar refractivity (Wildman–Crippen MR) is 105 cm³/mol. The van der Waals surface area contributed by atoms with Crippen molar-refractivity contribution < 1.29 is 17.4 Å². The summed E-state index contributed by atoms with van der Waals surface area (Å²) < 4.78 is 30.0. The summed E-state index contributed by atoms with van der Waals surface area (Å²) >= 11 is 11.7. The van der Waals surface area contributed by atoms with Crippen LogP contribution in [-0.4, -0.2) is 38.5 Å². The molecule has 2 amide bonds. The first-order chi connectivity index (χ1) is 12.7. The van der Waals surface area contributed by atoms with Crippen molar-refractivity contribution in [3.05, 3.63) is 52.5 Å². The van der Waals surface area contributed by atoms with Gasteiger partial charge >= 0.3 is 16.1 Å². The van der Waals surface area contributed by atoms with Gasteiger partial charge in [-0.3, -0.25) is 4.90 Å². The largest absolute Gasteiger partial charge is 0.379 e. The molecule has 27 heavy (non-hydrogen) atoms. The quantitative estimate of drug-likeness (QED) is 0.661. The van der Waals surface area contributed by atoms with Gasteiger partial charge in [-0.15, -0.1) is 0 Å². The van der Waals surface area contributed by atoms with Crippen LogP contribution in [0.5, 0.6) is 5.75 Å². The highest BCUT2D eigenvalue weighted by Crippen LogP contribution is 2.28. The Morgan fingerprint density at radius 2 is 1.59 bits per heavy atom. The first-order valence-corrected chi connectivity index (χ1v) is 10.4. The monoisotopic (exact) mass is 428 g/mol. The van der Waals surface area contributed by atoms with Crippen LogP contribution in [-0.2, 0) is 10.1 Å². The Hall–Kier alpha value is -1.96. The van der Waals surface area contributed by atoms with Gasteiger partial charge in [0.05, 0.1) is 0 Å². The van der Waals surface area contributed by atoms with Crippen molar-refractivity contribution in [3.63, 3.8) is 0 Å². The van der Waals surface area contributed by atoms with Crippen LogP contribution >= 0.6 is 23.2 Å². The van der Waals surface area contributed by atoms with Crippen molar-refractivity contribution in [2.24, 2.45) is 0 Å². The number of benzene rings is 2. The number of carbonyl (C=O) groups is 1. The van der Waals surface area contributed by atoms with E-state index in [1.165, 1.54) is 30.3 Å². The molecule has 1 saturated heterocycles. The summed E-state index contributed by atoms with van der Waals surface area (Å²) in [7, 11) is -4.06. The number of urea groups is 1. The van der Waals surface area contributed by atoms with E-state index in [1.807, 2.05) is 13.8 Å². The van der Waals surface area contributed by atoms with Crippen LogP contribution in [0.3, 0.4) is 0 Å². The molecular formula is C18H18Cl2N2O4S. The number of anilines is 1. The molecule has 0 unspecified atom stereocenters. The zero-order chi connectivity index (χ0) is 19.8. The minimum absolute atomic E-state index is 0.0267. The lowest BCUT2D eigenvalue weighted by Crippen LogP contribution is -2.36. The molecular weight excluding hydrogens is 411 g/mol. The van der Waals surface area contributed by atoms with Gasteiger partial charge in [-0.2, -0.15) is 8.42 Å². The van der Waals surface area contributed by atoms with E-state index in [4.69, 9.17) is 27.4 Å². The molecule has 0 saturated carbocycles. The number of nitrogens with zero attached hydrogens (tertiary/aromatic N) is 2. The number of halogens is 2. The second kappa shape index (κ2) is 7.58. The smallest absolute Gasteiger partial charge is 0.339 e. The fourth-order valence-corrected chi connectivity index (χ4v) is 4.24. The van der Waals surface area contributed by atoms with Crippen molar-refractivity contribution in [3.8, 4) is 5.75 Å². The van der Waals surface area contributed by atoms with E-state index < -0.39 is 10.1 Å². The van der Waals surface area contributed by atoms with E-state index in [9.17, 15) is 13.2 Å². The van der Waals surface area contributed by atoms with Gasteiger partial charge in [0.1, 0.15) is 10.6 Å². The molecule has 1 heterocycles. The van der Waals surface area contributed by atoms with Crippen molar-refractivity contribution in [1.82, 2.24) is 4.90 Å². The molecule has 0 atom stereocenters. The van der Waals surface area contributed by atoms with Crippen LogP contribution < -0.4 is 9.08 Å². The Balaban J connectivity index is 1.79. The molecule has 0 aromatic heterocycles. The summed E-state index contributed by atoms with van der Waals surface area (Å²) in [6.45, 7) is 5.10. The Kier molecular flexibility index (Phi) is 5.55. The van der Waals surface area contributed by atoms with E-state index in [-0.39, 0.29) is 32.8 Å². The summed E-state index contributed by atoms with van der Waals surface area (Å²) in [6, 6.07) is 10.2. The second-order valence-electron chi connectivity index (χ2n) is 6.36. The number of hydrogen-bond acceptors (Lipinski definition) is 4. The molecule has 1 fully saturated rings. The summed E-state index contributed by atoms with van der Waals surface area (Å²) in [6.07, 6.45) is 0. The lowest BCUT2D eigenvalue weighted by atomic mass is 10.3. The lowest BCUT2D eigenvalue weighted by molar-refractivity contribution is 0.209. The highest BCUT2D eigenvalue weighted by Gasteiger charge is 2.31. The summed E-state index contributed by atoms with van der Waals surface area (Å²) in [5, 5.41) is 0.538. The van der Waals surface area contributed by atoms with Crippen LogP contribution in [0.4, 0.5) is 10.5 Å². The molecule has 1 aliphatic rings. The number of amides is 2. The molecule has 6 nitrogen and oxygen atoms in total. The van der Waals surface area contributed by atoms with Gasteiger partial charge in [0, 0.05) is 47.0 Å². The molecule has 0 spiro atoms. The first-order valence-electron chi connectivity index (χ1n) is 8.26. The maximum atomic E-state index is 12.5. The van der Waals surface area contributed by atoms with Crippen molar-refractivity contribution in [2.75, 3.05) is 18.0 Å². The number of carbonyl (C=O) groups excluding carboxylic acids is 1. The van der Waals surface area contributed by atoms with E-state index in [1.54, 1.807) is 21.9 Å². The fraction of sp³-hybridized carbons (Fsp3) is 0.278. The zero-order valence-electron chi connectivity index (χ0n) is 14.7. The summed E-state index contributed by atoms with van der Waals surface area (Å²) in [5.41, 5.74) is 0.632. The molecule has 9 heteroatoms. The van der Waals surface area contributed by atoms with Crippen LogP contribution in [0.15, 0.2) is 47.4 Å². The Morgan fingerprint density at radius 3 is 2.11 bits per heavy atom. The van der Waals surface area contributed by atoms with Gasteiger partial charge in [-0.05, 0) is 44.2 Å². The SMILES string of the molecule is CC(C)N1CCN(c2ccc(S(=O)(=O)Oc3cc(Cl)cc(Cl)c3)cc2)C1=O. The molecule has 2 aromatic rings. The van der Waals surface area contributed by atoms with Crippen molar-refractivity contribution >= 4 is 45.0 Å². The van der Waals surface area contributed by atoms with Crippen LogP contribution in [0, 0.1) is 0 Å². The molecule has 0 N–H and O–H groups in total. The maximum absolute atomic E-state index is 12.5. The Labute approximate surface area is 168 Å². The Bertz CT molecular complexity index is 942. The minimum atomic E-state index is -4.06. The molecule has 1 aliphatic heterocycles. The van der Waals surface area contributed by atoms with Gasteiger partial charge < -0.3 is 9.08 Å². The first kappa shape index (κ1) is 19.8. The third-order valence-corrected chi connectivity index (χ3v) is 5.84. The normalized spacial score (nSPS) is 14.9. The van der Waals surface area contributed by atoms with E-state index >= 15 is 0 Å². The van der Waals surface area contributed by atoms with Gasteiger partial charge in [0.2, 0.25) is 0 Å². The van der Waals surface area contributed by atoms with Crippen molar-refractivity contribution in [2.45, 2.75) is 24.8 Å². The predicted octanol–water partition coefficient (Wildman–Crippen LogP) is 4.41. The zero-order valence-corrected chi connectivity index (χ0v) is 17.1. The standard InChI is InChI=1S/C18H18Cl2N2O4S/c1-12(2)21-7-8-22(18(21)23)15-3-5-17(6-4-15)27(24,25)26-16-10-13(19)9-14(20)11-16/h3-6,9-12H,7-8H2,1-2H3. The van der Waals surface area contributed by atoms with Crippen LogP contribution in [0.1, 0.15) is 13.8 Å². The molecule has 0 bridgehead atoms. The van der Waals surface area contributed by atoms with Gasteiger partial charge in [0.15, 0.2) is 0 Å². The lowest BCUT2D eigenvalue weighted by Gasteiger charge is -2.21.